The SMILES string of the molecule is CC(C)(C)c1ccc(-c2cc(-c3cccc4c3SC3C=CC=CC43)cc(-c3nc4ccccc4n3-c3ccccc3)c2)cc1. The molecule has 2 aliphatic rings. The fraction of sp³-hybridized carbons (Fsp3) is 0.146. The molecular formula is C41H34N2S. The van der Waals surface area contributed by atoms with Gasteiger partial charge in [-0.2, -0.15) is 0 Å². The molecule has 1 aliphatic heterocycles. The number of benzene rings is 5. The van der Waals surface area contributed by atoms with E-state index in [1.54, 1.807) is 0 Å². The Morgan fingerprint density at radius 3 is 2.20 bits per heavy atom. The number of aromatic nitrogens is 2. The molecule has 2 unspecified atom stereocenters. The van der Waals surface area contributed by atoms with E-state index in [1.165, 1.54) is 38.3 Å². The van der Waals surface area contributed by atoms with Gasteiger partial charge in [0, 0.05) is 27.3 Å². The molecule has 214 valence electrons. The van der Waals surface area contributed by atoms with Gasteiger partial charge in [-0.15, -0.1) is 11.8 Å². The maximum atomic E-state index is 5.25. The van der Waals surface area contributed by atoms with Crippen LogP contribution in [0.3, 0.4) is 0 Å². The average Bonchev–Trinajstić information content (AvgIpc) is 3.64. The summed E-state index contributed by atoms with van der Waals surface area (Å²) in [4.78, 5) is 6.64. The molecule has 0 bridgehead atoms. The van der Waals surface area contributed by atoms with E-state index < -0.39 is 0 Å². The summed E-state index contributed by atoms with van der Waals surface area (Å²) in [6, 6.07) is 42.0. The van der Waals surface area contributed by atoms with Crippen molar-refractivity contribution in [1.82, 2.24) is 9.55 Å². The second-order valence-corrected chi connectivity index (χ2v) is 14.0. The van der Waals surface area contributed by atoms with Gasteiger partial charge >= 0.3 is 0 Å². The first-order chi connectivity index (χ1) is 21.4. The molecular weight excluding hydrogens is 553 g/mol. The van der Waals surface area contributed by atoms with Gasteiger partial charge < -0.3 is 0 Å². The van der Waals surface area contributed by atoms with Crippen molar-refractivity contribution >= 4 is 22.8 Å². The number of fused-ring (bicyclic) bond motifs is 4. The zero-order valence-electron chi connectivity index (χ0n) is 25.2. The molecule has 1 aromatic heterocycles. The summed E-state index contributed by atoms with van der Waals surface area (Å²) in [7, 11) is 0. The van der Waals surface area contributed by atoms with E-state index >= 15 is 0 Å². The van der Waals surface area contributed by atoms with Crippen LogP contribution < -0.4 is 0 Å². The highest BCUT2D eigenvalue weighted by Crippen LogP contribution is 2.52. The third-order valence-electron chi connectivity index (χ3n) is 8.90. The molecule has 0 N–H and O–H groups in total. The summed E-state index contributed by atoms with van der Waals surface area (Å²) in [5, 5.41) is 0.450. The smallest absolute Gasteiger partial charge is 0.145 e. The standard InChI is InChI=1S/C41H34N2S/c1-41(2,3)31-22-20-27(21-23-31)28-24-29(33-15-11-16-35-34-14-7-10-19-38(34)44-39(33)35)26-30(25-28)40-42-36-17-8-9-18-37(36)43(40)32-12-5-4-6-13-32/h4-26,34,38H,1-3H3. The lowest BCUT2D eigenvalue weighted by Crippen LogP contribution is -2.10. The second kappa shape index (κ2) is 10.5. The largest absolute Gasteiger partial charge is 0.292 e. The first kappa shape index (κ1) is 27.0. The fourth-order valence-corrected chi connectivity index (χ4v) is 8.07. The van der Waals surface area contributed by atoms with Gasteiger partial charge in [-0.05, 0) is 81.3 Å². The van der Waals surface area contributed by atoms with E-state index in [0.29, 0.717) is 11.2 Å². The Balaban J connectivity index is 1.36. The van der Waals surface area contributed by atoms with Crippen LogP contribution in [-0.2, 0) is 5.41 Å². The van der Waals surface area contributed by atoms with Crippen LogP contribution in [0.15, 0.2) is 144 Å². The van der Waals surface area contributed by atoms with Crippen LogP contribution in [0.1, 0.15) is 37.8 Å². The Hall–Kier alpha value is -4.60. The quantitative estimate of drug-likeness (QED) is 0.204. The lowest BCUT2D eigenvalue weighted by atomic mass is 9.86. The lowest BCUT2D eigenvalue weighted by Gasteiger charge is -2.19. The molecule has 2 heterocycles. The van der Waals surface area contributed by atoms with Crippen molar-refractivity contribution in [2.45, 2.75) is 42.2 Å². The molecule has 5 aromatic carbocycles. The van der Waals surface area contributed by atoms with Crippen molar-refractivity contribution in [2.24, 2.45) is 0 Å². The highest BCUT2D eigenvalue weighted by molar-refractivity contribution is 8.00. The zero-order valence-corrected chi connectivity index (χ0v) is 26.1. The maximum absolute atomic E-state index is 5.25. The number of imidazole rings is 1. The Bertz CT molecular complexity index is 2070. The average molecular weight is 587 g/mol. The normalized spacial score (nSPS) is 17.2. The van der Waals surface area contributed by atoms with Crippen molar-refractivity contribution in [3.63, 3.8) is 0 Å². The van der Waals surface area contributed by atoms with E-state index in [-0.39, 0.29) is 5.41 Å². The first-order valence-corrected chi connectivity index (χ1v) is 16.3. The molecule has 6 aromatic rings. The summed E-state index contributed by atoms with van der Waals surface area (Å²) < 4.78 is 2.30. The minimum atomic E-state index is 0.105. The fourth-order valence-electron chi connectivity index (χ4n) is 6.59. The molecule has 1 aliphatic carbocycles. The van der Waals surface area contributed by atoms with Gasteiger partial charge in [0.1, 0.15) is 5.82 Å². The van der Waals surface area contributed by atoms with Crippen molar-refractivity contribution in [2.75, 3.05) is 0 Å². The predicted molar refractivity (Wildman–Crippen MR) is 187 cm³/mol. The van der Waals surface area contributed by atoms with E-state index in [4.69, 9.17) is 4.98 Å². The highest BCUT2D eigenvalue weighted by atomic mass is 32.2. The number of rotatable bonds is 4. The van der Waals surface area contributed by atoms with Gasteiger partial charge in [-0.25, -0.2) is 4.98 Å². The van der Waals surface area contributed by atoms with Gasteiger partial charge in [0.15, 0.2) is 0 Å². The van der Waals surface area contributed by atoms with Gasteiger partial charge in [-0.3, -0.25) is 4.57 Å². The summed E-state index contributed by atoms with van der Waals surface area (Å²) in [6.45, 7) is 6.80. The Morgan fingerprint density at radius 2 is 1.39 bits per heavy atom. The minimum Gasteiger partial charge on any atom is -0.292 e. The van der Waals surface area contributed by atoms with Crippen LogP contribution in [0.25, 0.3) is 50.4 Å². The van der Waals surface area contributed by atoms with E-state index in [9.17, 15) is 0 Å². The van der Waals surface area contributed by atoms with Gasteiger partial charge in [0.2, 0.25) is 0 Å². The van der Waals surface area contributed by atoms with Crippen LogP contribution in [0, 0.1) is 0 Å². The van der Waals surface area contributed by atoms with Gasteiger partial charge in [0.25, 0.3) is 0 Å². The molecule has 0 radical (unpaired) electrons. The van der Waals surface area contributed by atoms with Crippen molar-refractivity contribution in [3.8, 4) is 39.3 Å². The number of thioether (sulfide) groups is 1. The molecule has 44 heavy (non-hydrogen) atoms. The van der Waals surface area contributed by atoms with Crippen LogP contribution >= 0.6 is 11.8 Å². The minimum absolute atomic E-state index is 0.105. The van der Waals surface area contributed by atoms with Crippen molar-refractivity contribution < 1.29 is 0 Å². The molecule has 8 rings (SSSR count). The lowest BCUT2D eigenvalue weighted by molar-refractivity contribution is 0.590. The number of nitrogens with zero attached hydrogens (tertiary/aromatic N) is 2. The number of allylic oxidation sites excluding steroid dienone is 3. The van der Waals surface area contributed by atoms with Crippen molar-refractivity contribution in [3.05, 3.63) is 151 Å². The summed E-state index contributed by atoms with van der Waals surface area (Å²) in [6.07, 6.45) is 9.08. The van der Waals surface area contributed by atoms with Crippen LogP contribution in [0.4, 0.5) is 0 Å². The van der Waals surface area contributed by atoms with E-state index in [1.807, 2.05) is 11.8 Å². The number of hydrogen-bond acceptors (Lipinski definition) is 2. The van der Waals surface area contributed by atoms with Crippen LogP contribution in [0.2, 0.25) is 0 Å². The molecule has 2 nitrogen and oxygen atoms in total. The van der Waals surface area contributed by atoms with Crippen LogP contribution in [-0.4, -0.2) is 14.8 Å². The predicted octanol–water partition coefficient (Wildman–Crippen LogP) is 11.0. The van der Waals surface area contributed by atoms with Gasteiger partial charge in [-0.1, -0.05) is 118 Å². The Labute approximate surface area is 263 Å². The third kappa shape index (κ3) is 4.63. The molecule has 0 saturated heterocycles. The summed E-state index contributed by atoms with van der Waals surface area (Å²) in [5.74, 6) is 1.38. The maximum Gasteiger partial charge on any atom is 0.145 e. The summed E-state index contributed by atoms with van der Waals surface area (Å²) >= 11 is 1.99. The highest BCUT2D eigenvalue weighted by Gasteiger charge is 2.33. The molecule has 3 heteroatoms. The Morgan fingerprint density at radius 1 is 0.659 bits per heavy atom. The molecule has 0 saturated carbocycles. The third-order valence-corrected chi connectivity index (χ3v) is 10.3. The second-order valence-electron chi connectivity index (χ2n) is 12.8. The monoisotopic (exact) mass is 586 g/mol. The molecule has 2 atom stereocenters. The topological polar surface area (TPSA) is 17.8 Å². The Kier molecular flexibility index (Phi) is 6.46. The zero-order chi connectivity index (χ0) is 29.8. The first-order valence-electron chi connectivity index (χ1n) is 15.4. The summed E-state index contributed by atoms with van der Waals surface area (Å²) in [5.41, 5.74) is 12.1. The van der Waals surface area contributed by atoms with Gasteiger partial charge in [0.05, 0.1) is 11.0 Å². The number of para-hydroxylation sites is 3. The molecule has 0 spiro atoms. The molecule has 0 fully saturated rings. The van der Waals surface area contributed by atoms with E-state index in [2.05, 4.69) is 165 Å². The number of hydrogen-bond donors (Lipinski definition) is 0. The van der Waals surface area contributed by atoms with E-state index in [0.717, 1.165) is 28.1 Å². The van der Waals surface area contributed by atoms with Crippen molar-refractivity contribution in [1.29, 1.82) is 0 Å². The molecule has 0 amide bonds. The van der Waals surface area contributed by atoms with Crippen LogP contribution in [0.5, 0.6) is 0 Å².